The van der Waals surface area contributed by atoms with Crippen LogP contribution in [0.2, 0.25) is 0 Å². The van der Waals surface area contributed by atoms with Crippen LogP contribution in [0.3, 0.4) is 0 Å². The number of nitrogens with zero attached hydrogens (tertiary/aromatic N) is 1. The summed E-state index contributed by atoms with van der Waals surface area (Å²) in [6, 6.07) is 6.53. The fourth-order valence-electron chi connectivity index (χ4n) is 4.66. The molecule has 2 N–H and O–H groups in total. The molecule has 2 aliphatic heterocycles. The number of benzene rings is 1. The van der Waals surface area contributed by atoms with Gasteiger partial charge in [0.15, 0.2) is 5.78 Å². The molecule has 2 aliphatic rings. The molecule has 1 aromatic carbocycles. The molecule has 0 unspecified atom stereocenters. The molecule has 0 aromatic heterocycles. The fraction of sp³-hybridized carbons (Fsp3) is 0.591. The summed E-state index contributed by atoms with van der Waals surface area (Å²) in [5.41, 5.74) is 6.59. The molecule has 0 spiro atoms. The van der Waals surface area contributed by atoms with Crippen molar-refractivity contribution in [2.75, 3.05) is 13.2 Å². The van der Waals surface area contributed by atoms with Gasteiger partial charge in [0.25, 0.3) is 0 Å². The van der Waals surface area contributed by atoms with Crippen molar-refractivity contribution in [3.63, 3.8) is 0 Å². The van der Waals surface area contributed by atoms with Gasteiger partial charge in [-0.3, -0.25) is 14.4 Å². The second-order valence-electron chi connectivity index (χ2n) is 8.36. The summed E-state index contributed by atoms with van der Waals surface area (Å²) in [5, 5.41) is 0. The van der Waals surface area contributed by atoms with Crippen LogP contribution in [0.1, 0.15) is 61.9 Å². The van der Waals surface area contributed by atoms with Gasteiger partial charge in [-0.2, -0.15) is 0 Å². The Hall–Kier alpha value is -2.21. The molecule has 0 aliphatic carbocycles. The van der Waals surface area contributed by atoms with Crippen molar-refractivity contribution in [1.29, 1.82) is 0 Å². The van der Waals surface area contributed by atoms with Crippen molar-refractivity contribution in [3.8, 4) is 0 Å². The van der Waals surface area contributed by atoms with Crippen LogP contribution in [0.4, 0.5) is 0 Å². The molecule has 2 heterocycles. The van der Waals surface area contributed by atoms with Gasteiger partial charge < -0.3 is 15.4 Å². The van der Waals surface area contributed by atoms with Crippen LogP contribution < -0.4 is 5.73 Å². The van der Waals surface area contributed by atoms with Gasteiger partial charge in [-0.1, -0.05) is 45.4 Å². The largest absolute Gasteiger partial charge is 0.367 e. The van der Waals surface area contributed by atoms with Crippen LogP contribution in [0.25, 0.3) is 0 Å². The number of hydrogen-bond acceptors (Lipinski definition) is 4. The van der Waals surface area contributed by atoms with Crippen LogP contribution in [0.15, 0.2) is 24.3 Å². The maximum absolute atomic E-state index is 13.7. The first kappa shape index (κ1) is 20.5. The van der Waals surface area contributed by atoms with E-state index in [4.69, 9.17) is 10.5 Å². The zero-order chi connectivity index (χ0) is 20.4. The van der Waals surface area contributed by atoms with Crippen LogP contribution in [-0.4, -0.2) is 47.8 Å². The Morgan fingerprint density at radius 1 is 1.29 bits per heavy atom. The van der Waals surface area contributed by atoms with Gasteiger partial charge in [-0.05, 0) is 30.4 Å². The van der Waals surface area contributed by atoms with Crippen LogP contribution in [-0.2, 0) is 14.3 Å². The molecular weight excluding hydrogens is 356 g/mol. The normalized spacial score (nSPS) is 25.2. The Morgan fingerprint density at radius 2 is 2.00 bits per heavy atom. The Bertz CT molecular complexity index is 761. The number of nitrogens with two attached hydrogens (primary N) is 1. The number of Topliss-reactive ketones (excluding diaryl/α,β-unsaturated/α-hetero) is 1. The summed E-state index contributed by atoms with van der Waals surface area (Å²) in [6.07, 6.45) is 2.28. The summed E-state index contributed by atoms with van der Waals surface area (Å²) in [4.78, 5) is 39.8. The molecule has 152 valence electrons. The van der Waals surface area contributed by atoms with Crippen molar-refractivity contribution in [3.05, 3.63) is 35.4 Å². The first-order valence-corrected chi connectivity index (χ1v) is 10.2. The minimum Gasteiger partial charge on any atom is -0.367 e. The van der Waals surface area contributed by atoms with Gasteiger partial charge >= 0.3 is 0 Å². The number of amides is 2. The molecule has 0 saturated carbocycles. The monoisotopic (exact) mass is 386 g/mol. The summed E-state index contributed by atoms with van der Waals surface area (Å²) in [6.45, 7) is 6.79. The molecule has 6 nitrogen and oxygen atoms in total. The van der Waals surface area contributed by atoms with Crippen molar-refractivity contribution in [2.45, 2.75) is 58.1 Å². The zero-order valence-corrected chi connectivity index (χ0v) is 16.9. The predicted octanol–water partition coefficient (Wildman–Crippen LogP) is 2.51. The number of hydrogen-bond donors (Lipinski definition) is 1. The third-order valence-corrected chi connectivity index (χ3v) is 5.84. The average Bonchev–Trinajstić information content (AvgIpc) is 3.21. The maximum atomic E-state index is 13.7. The van der Waals surface area contributed by atoms with Crippen molar-refractivity contribution in [1.82, 2.24) is 4.90 Å². The third kappa shape index (κ3) is 3.83. The van der Waals surface area contributed by atoms with E-state index in [-0.39, 0.29) is 36.2 Å². The van der Waals surface area contributed by atoms with Crippen molar-refractivity contribution < 1.29 is 19.1 Å². The first-order chi connectivity index (χ1) is 13.3. The second-order valence-corrected chi connectivity index (χ2v) is 8.36. The number of ketones is 1. The number of carbonyl (C=O) groups excluding carboxylic acids is 3. The molecule has 28 heavy (non-hydrogen) atoms. The number of carbonyl (C=O) groups is 3. The molecule has 1 aromatic rings. The Labute approximate surface area is 166 Å². The SMILES string of the molecule is CCC[C@H]1CN(C(=O)[C@@H](CC(C)C)c2ccccc2C(N)=O)[C@@H]2C(=O)CO[C@H]12. The average molecular weight is 386 g/mol. The summed E-state index contributed by atoms with van der Waals surface area (Å²) in [7, 11) is 0. The minimum atomic E-state index is -0.541. The van der Waals surface area contributed by atoms with Crippen LogP contribution >= 0.6 is 0 Å². The lowest BCUT2D eigenvalue weighted by Gasteiger charge is -2.29. The number of primary amides is 1. The van der Waals surface area contributed by atoms with Gasteiger partial charge in [0.05, 0.1) is 12.0 Å². The number of ether oxygens (including phenoxy) is 1. The number of fused-ring (bicyclic) bond motifs is 1. The molecule has 0 radical (unpaired) electrons. The molecule has 2 amide bonds. The second kappa shape index (κ2) is 8.43. The lowest BCUT2D eigenvalue weighted by Crippen LogP contribution is -2.44. The van der Waals surface area contributed by atoms with E-state index in [0.29, 0.717) is 24.1 Å². The van der Waals surface area contributed by atoms with Gasteiger partial charge in [0.2, 0.25) is 11.8 Å². The van der Waals surface area contributed by atoms with Crippen molar-refractivity contribution in [2.24, 2.45) is 17.6 Å². The molecule has 0 bridgehead atoms. The standard InChI is InChI=1S/C22H30N2O4/c1-4-7-14-11-24(19-18(25)12-28-20(14)19)22(27)17(10-13(2)3)15-8-5-6-9-16(15)21(23)26/h5-6,8-9,13-14,17,19-20H,4,7,10-12H2,1-3H3,(H2,23,26)/t14-,17-,19+,20+/m0/s1. The van der Waals surface area contributed by atoms with E-state index in [9.17, 15) is 14.4 Å². The molecule has 6 heteroatoms. The Morgan fingerprint density at radius 3 is 2.64 bits per heavy atom. The van der Waals surface area contributed by atoms with Gasteiger partial charge in [0, 0.05) is 18.0 Å². The molecular formula is C22H30N2O4. The lowest BCUT2D eigenvalue weighted by atomic mass is 9.86. The zero-order valence-electron chi connectivity index (χ0n) is 16.9. The van der Waals surface area contributed by atoms with Gasteiger partial charge in [-0.25, -0.2) is 0 Å². The van der Waals surface area contributed by atoms with Crippen molar-refractivity contribution >= 4 is 17.6 Å². The first-order valence-electron chi connectivity index (χ1n) is 10.2. The fourth-order valence-corrected chi connectivity index (χ4v) is 4.66. The highest BCUT2D eigenvalue weighted by Gasteiger charge is 2.52. The highest BCUT2D eigenvalue weighted by Crippen LogP contribution is 2.38. The Kier molecular flexibility index (Phi) is 6.18. The van der Waals surface area contributed by atoms with E-state index < -0.39 is 17.9 Å². The summed E-state index contributed by atoms with van der Waals surface area (Å²) in [5.74, 6) is -0.747. The van der Waals surface area contributed by atoms with E-state index in [2.05, 4.69) is 6.92 Å². The lowest BCUT2D eigenvalue weighted by molar-refractivity contribution is -0.138. The minimum absolute atomic E-state index is 0.0246. The molecule has 4 atom stereocenters. The van der Waals surface area contributed by atoms with E-state index >= 15 is 0 Å². The van der Waals surface area contributed by atoms with E-state index in [1.807, 2.05) is 19.9 Å². The Balaban J connectivity index is 1.96. The van der Waals surface area contributed by atoms with Gasteiger partial charge in [-0.15, -0.1) is 0 Å². The molecule has 3 rings (SSSR count). The smallest absolute Gasteiger partial charge is 0.249 e. The van der Waals surface area contributed by atoms with E-state index in [1.165, 1.54) is 0 Å². The third-order valence-electron chi connectivity index (χ3n) is 5.84. The molecule has 2 saturated heterocycles. The number of likely N-dealkylation sites (tertiary alicyclic amines) is 1. The predicted molar refractivity (Wildman–Crippen MR) is 106 cm³/mol. The summed E-state index contributed by atoms with van der Waals surface area (Å²) < 4.78 is 5.75. The maximum Gasteiger partial charge on any atom is 0.249 e. The topological polar surface area (TPSA) is 89.7 Å². The molecule has 2 fully saturated rings. The quantitative estimate of drug-likeness (QED) is 0.780. The number of rotatable bonds is 7. The summed E-state index contributed by atoms with van der Waals surface area (Å²) >= 11 is 0. The highest BCUT2D eigenvalue weighted by molar-refractivity contribution is 5.98. The van der Waals surface area contributed by atoms with Crippen LogP contribution in [0.5, 0.6) is 0 Å². The van der Waals surface area contributed by atoms with E-state index in [1.54, 1.807) is 23.1 Å². The van der Waals surface area contributed by atoms with E-state index in [0.717, 1.165) is 12.8 Å². The van der Waals surface area contributed by atoms with Gasteiger partial charge in [0.1, 0.15) is 12.6 Å². The van der Waals surface area contributed by atoms with Crippen LogP contribution in [0, 0.1) is 11.8 Å². The highest BCUT2D eigenvalue weighted by atomic mass is 16.5.